The van der Waals surface area contributed by atoms with Crippen LogP contribution in [-0.2, 0) is 16.5 Å². The molecule has 0 aliphatic rings. The van der Waals surface area contributed by atoms with E-state index in [2.05, 4.69) is 6.92 Å². The summed E-state index contributed by atoms with van der Waals surface area (Å²) in [7, 11) is -4.10. The average molecular weight is 402 g/mol. The van der Waals surface area contributed by atoms with E-state index in [0.717, 1.165) is 18.4 Å². The van der Waals surface area contributed by atoms with Crippen LogP contribution >= 0.6 is 0 Å². The highest BCUT2D eigenvalue weighted by atomic mass is 32.2. The van der Waals surface area contributed by atoms with Crippen LogP contribution in [0.2, 0.25) is 0 Å². The van der Waals surface area contributed by atoms with Gasteiger partial charge in [0.1, 0.15) is 6.23 Å². The highest BCUT2D eigenvalue weighted by Crippen LogP contribution is 2.18. The molecule has 0 aliphatic carbocycles. The fourth-order valence-corrected chi connectivity index (χ4v) is 3.52. The third-order valence-electron chi connectivity index (χ3n) is 4.47. The molecule has 0 amide bonds. The van der Waals surface area contributed by atoms with E-state index in [1.54, 1.807) is 12.1 Å². The van der Waals surface area contributed by atoms with Crippen molar-refractivity contribution in [2.45, 2.75) is 102 Å². The van der Waals surface area contributed by atoms with Crippen LogP contribution < -0.4 is 5.73 Å². The minimum Gasteiger partial charge on any atom is -0.379 e. The average Bonchev–Trinajstić information content (AvgIpc) is 2.63. The van der Waals surface area contributed by atoms with Gasteiger partial charge in [-0.3, -0.25) is 4.55 Å². The maximum Gasteiger partial charge on any atom is 0.294 e. The Bertz CT molecular complexity index is 573. The summed E-state index contributed by atoms with van der Waals surface area (Å²) < 4.78 is 31.8. The molecular weight excluding hydrogens is 362 g/mol. The van der Waals surface area contributed by atoms with Crippen molar-refractivity contribution in [3.63, 3.8) is 0 Å². The maximum absolute atomic E-state index is 11.3. The van der Waals surface area contributed by atoms with E-state index >= 15 is 0 Å². The molecule has 5 nitrogen and oxygen atoms in total. The van der Waals surface area contributed by atoms with Gasteiger partial charge in [0.25, 0.3) is 10.1 Å². The molecule has 1 aromatic rings. The van der Waals surface area contributed by atoms with Gasteiger partial charge in [-0.1, -0.05) is 89.8 Å². The van der Waals surface area contributed by atoms with E-state index in [1.807, 2.05) is 13.0 Å². The van der Waals surface area contributed by atoms with Crippen LogP contribution in [0.3, 0.4) is 0 Å². The van der Waals surface area contributed by atoms with Crippen molar-refractivity contribution in [2.24, 2.45) is 5.73 Å². The molecule has 0 saturated heterocycles. The Labute approximate surface area is 166 Å². The summed E-state index contributed by atoms with van der Waals surface area (Å²) in [5, 5.41) is 8.14. The number of hydrogen-bond acceptors (Lipinski definition) is 4. The molecule has 1 unspecified atom stereocenters. The molecule has 27 heavy (non-hydrogen) atoms. The Hall–Kier alpha value is -0.950. The first kappa shape index (κ1) is 26.1. The van der Waals surface area contributed by atoms with E-state index < -0.39 is 16.3 Å². The van der Waals surface area contributed by atoms with Gasteiger partial charge < -0.3 is 10.8 Å². The Morgan fingerprint density at radius 1 is 0.889 bits per heavy atom. The van der Waals surface area contributed by atoms with Crippen LogP contribution in [-0.4, -0.2) is 24.3 Å². The lowest BCUT2D eigenvalue weighted by atomic mass is 10.0. The van der Waals surface area contributed by atoms with Gasteiger partial charge in [0, 0.05) is 0 Å². The Morgan fingerprint density at radius 3 is 1.78 bits per heavy atom. The number of unbranched alkanes of at least 4 members (excludes halogenated alkanes) is 9. The van der Waals surface area contributed by atoms with E-state index in [-0.39, 0.29) is 4.90 Å². The van der Waals surface area contributed by atoms with Crippen molar-refractivity contribution in [2.75, 3.05) is 0 Å². The van der Waals surface area contributed by atoms with E-state index in [4.69, 9.17) is 10.8 Å². The van der Waals surface area contributed by atoms with Gasteiger partial charge in [-0.2, -0.15) is 8.42 Å². The molecule has 0 aromatic heterocycles. The van der Waals surface area contributed by atoms with Crippen LogP contribution in [0.25, 0.3) is 0 Å². The predicted molar refractivity (Wildman–Crippen MR) is 112 cm³/mol. The van der Waals surface area contributed by atoms with Crippen molar-refractivity contribution < 1.29 is 18.1 Å². The molecular formula is C21H39NO4S. The topological polar surface area (TPSA) is 101 Å². The number of hydrogen-bond donors (Lipinski definition) is 3. The van der Waals surface area contributed by atoms with Crippen LogP contribution in [0.4, 0.5) is 0 Å². The van der Waals surface area contributed by atoms with Crippen LogP contribution in [0, 0.1) is 0 Å². The zero-order chi connectivity index (χ0) is 20.5. The largest absolute Gasteiger partial charge is 0.379 e. The van der Waals surface area contributed by atoms with Gasteiger partial charge in [0.05, 0.1) is 4.90 Å². The number of aliphatic hydroxyl groups excluding tert-OH is 1. The van der Waals surface area contributed by atoms with Crippen molar-refractivity contribution in [3.8, 4) is 0 Å². The van der Waals surface area contributed by atoms with E-state index in [9.17, 15) is 13.0 Å². The monoisotopic (exact) mass is 401 g/mol. The van der Waals surface area contributed by atoms with Gasteiger partial charge in [0.15, 0.2) is 0 Å². The highest BCUT2D eigenvalue weighted by Gasteiger charge is 2.13. The Morgan fingerprint density at radius 2 is 1.33 bits per heavy atom. The molecule has 0 spiro atoms. The standard InChI is InChI=1S/C18H30O3S.C3H9NO/c1-2-3-4-5-6-7-8-9-10-11-14-17-15-12-13-16-18(17)22(19,20)21;1-2-3(4)5/h12-13,15-16H,2-11,14H2,1H3,(H,19,20,21);3,5H,2,4H2,1H3. The number of aryl methyl sites for hydroxylation is 1. The number of benzene rings is 1. The second kappa shape index (κ2) is 16.0. The molecule has 6 heteroatoms. The van der Waals surface area contributed by atoms with E-state index in [1.165, 1.54) is 57.4 Å². The molecule has 1 atom stereocenters. The third kappa shape index (κ3) is 14.7. The second-order valence-electron chi connectivity index (χ2n) is 6.99. The summed E-state index contributed by atoms with van der Waals surface area (Å²) in [6.07, 6.45) is 13.3. The van der Waals surface area contributed by atoms with Gasteiger partial charge in [-0.15, -0.1) is 0 Å². The second-order valence-corrected chi connectivity index (χ2v) is 8.38. The minimum absolute atomic E-state index is 0.0610. The summed E-state index contributed by atoms with van der Waals surface area (Å²) in [4.78, 5) is 0.0610. The number of aliphatic hydroxyl groups is 1. The molecule has 1 aromatic carbocycles. The molecule has 0 bridgehead atoms. The molecule has 158 valence electrons. The minimum atomic E-state index is -4.10. The van der Waals surface area contributed by atoms with E-state index in [0.29, 0.717) is 12.8 Å². The normalized spacial score (nSPS) is 12.3. The molecule has 4 N–H and O–H groups in total. The van der Waals surface area contributed by atoms with Gasteiger partial charge in [-0.25, -0.2) is 0 Å². The predicted octanol–water partition coefficient (Wildman–Crippen LogP) is 5.07. The molecule has 0 heterocycles. The number of nitrogens with two attached hydrogens (primary N) is 1. The summed E-state index contributed by atoms with van der Waals surface area (Å²) >= 11 is 0. The third-order valence-corrected chi connectivity index (χ3v) is 5.42. The lowest BCUT2D eigenvalue weighted by Crippen LogP contribution is -2.16. The fourth-order valence-electron chi connectivity index (χ4n) is 2.76. The van der Waals surface area contributed by atoms with Crippen LogP contribution in [0.15, 0.2) is 29.2 Å². The Balaban J connectivity index is 0.00000119. The molecule has 0 fully saturated rings. The van der Waals surface area contributed by atoms with Gasteiger partial charge in [-0.05, 0) is 30.9 Å². The zero-order valence-corrected chi connectivity index (χ0v) is 17.9. The molecule has 0 saturated carbocycles. The first-order valence-corrected chi connectivity index (χ1v) is 11.8. The molecule has 0 radical (unpaired) electrons. The fraction of sp³-hybridized carbons (Fsp3) is 0.714. The van der Waals surface area contributed by atoms with Crippen LogP contribution in [0.5, 0.6) is 0 Å². The quantitative estimate of drug-likeness (QED) is 0.243. The summed E-state index contributed by atoms with van der Waals surface area (Å²) in [5.41, 5.74) is 5.57. The molecule has 1 rings (SSSR count). The van der Waals surface area contributed by atoms with Gasteiger partial charge >= 0.3 is 0 Å². The first-order chi connectivity index (χ1) is 12.8. The summed E-state index contributed by atoms with van der Waals surface area (Å²) in [6.45, 7) is 4.06. The van der Waals surface area contributed by atoms with Crippen molar-refractivity contribution in [1.82, 2.24) is 0 Å². The highest BCUT2D eigenvalue weighted by molar-refractivity contribution is 7.85. The number of rotatable bonds is 13. The SMILES string of the molecule is CCC(N)O.CCCCCCCCCCCCc1ccccc1S(=O)(=O)O. The summed E-state index contributed by atoms with van der Waals surface area (Å²) in [6, 6.07) is 6.73. The lowest BCUT2D eigenvalue weighted by Gasteiger charge is -2.07. The Kier molecular flexibility index (Phi) is 15.5. The lowest BCUT2D eigenvalue weighted by molar-refractivity contribution is 0.178. The van der Waals surface area contributed by atoms with Crippen LogP contribution in [0.1, 0.15) is 90.0 Å². The van der Waals surface area contributed by atoms with Crippen molar-refractivity contribution in [3.05, 3.63) is 29.8 Å². The smallest absolute Gasteiger partial charge is 0.294 e. The zero-order valence-electron chi connectivity index (χ0n) is 17.1. The van der Waals surface area contributed by atoms with Crippen molar-refractivity contribution in [1.29, 1.82) is 0 Å². The molecule has 0 aliphatic heterocycles. The van der Waals surface area contributed by atoms with Gasteiger partial charge in [0.2, 0.25) is 0 Å². The van der Waals surface area contributed by atoms with Crippen molar-refractivity contribution >= 4 is 10.1 Å². The first-order valence-electron chi connectivity index (χ1n) is 10.3. The summed E-state index contributed by atoms with van der Waals surface area (Å²) in [5.74, 6) is 0. The maximum atomic E-state index is 11.3.